The molecule has 2 N–H and O–H groups in total. The molecule has 1 aliphatic heterocycles. The van der Waals surface area contributed by atoms with Gasteiger partial charge in [0.2, 0.25) is 0 Å². The van der Waals surface area contributed by atoms with Crippen molar-refractivity contribution in [3.63, 3.8) is 0 Å². The molecule has 0 radical (unpaired) electrons. The van der Waals surface area contributed by atoms with Crippen LogP contribution in [0.3, 0.4) is 0 Å². The number of fused-ring (bicyclic) bond motifs is 1. The van der Waals surface area contributed by atoms with Gasteiger partial charge < -0.3 is 15.3 Å². The van der Waals surface area contributed by atoms with Gasteiger partial charge in [-0.2, -0.15) is 0 Å². The first-order valence-corrected chi connectivity index (χ1v) is 7.39. The van der Waals surface area contributed by atoms with Crippen molar-refractivity contribution in [2.75, 3.05) is 12.4 Å². The SMILES string of the molecule is CC1CCCC1C(O)c1ccc2c(c1)CN(C)C(=O)N2. The number of rotatable bonds is 2. The smallest absolute Gasteiger partial charge is 0.321 e. The van der Waals surface area contributed by atoms with E-state index in [9.17, 15) is 9.90 Å². The fraction of sp³-hybridized carbons (Fsp3) is 0.562. The molecule has 3 atom stereocenters. The third-order valence-electron chi connectivity index (χ3n) is 4.80. The second-order valence-electron chi connectivity index (χ2n) is 6.22. The minimum atomic E-state index is -0.388. The zero-order chi connectivity index (χ0) is 14.3. The second kappa shape index (κ2) is 5.09. The largest absolute Gasteiger partial charge is 0.388 e. The molecular weight excluding hydrogens is 252 g/mol. The van der Waals surface area contributed by atoms with E-state index >= 15 is 0 Å². The third-order valence-corrected chi connectivity index (χ3v) is 4.80. The summed E-state index contributed by atoms with van der Waals surface area (Å²) in [6.45, 7) is 2.83. The highest BCUT2D eigenvalue weighted by Gasteiger charge is 2.31. The van der Waals surface area contributed by atoms with Gasteiger partial charge in [-0.15, -0.1) is 0 Å². The van der Waals surface area contributed by atoms with Gasteiger partial charge in [0.15, 0.2) is 0 Å². The van der Waals surface area contributed by atoms with Crippen molar-refractivity contribution in [2.45, 2.75) is 38.8 Å². The van der Waals surface area contributed by atoms with E-state index in [1.807, 2.05) is 18.2 Å². The Morgan fingerprint density at radius 3 is 2.90 bits per heavy atom. The summed E-state index contributed by atoms with van der Waals surface area (Å²) in [6, 6.07) is 5.83. The predicted molar refractivity (Wildman–Crippen MR) is 78.4 cm³/mol. The first-order chi connectivity index (χ1) is 9.56. The van der Waals surface area contributed by atoms with Crippen LogP contribution in [0.25, 0.3) is 0 Å². The number of carbonyl (C=O) groups excluding carboxylic acids is 1. The zero-order valence-corrected chi connectivity index (χ0v) is 12.1. The molecule has 4 nitrogen and oxygen atoms in total. The standard InChI is InChI=1S/C16H22N2O2/c1-10-4-3-5-13(10)15(19)11-6-7-14-12(8-11)9-18(2)16(20)17-14/h6-8,10,13,15,19H,3-5,9H2,1-2H3,(H,17,20). The summed E-state index contributed by atoms with van der Waals surface area (Å²) in [5.41, 5.74) is 2.92. The highest BCUT2D eigenvalue weighted by Crippen LogP contribution is 2.40. The van der Waals surface area contributed by atoms with E-state index in [0.717, 1.165) is 23.2 Å². The van der Waals surface area contributed by atoms with Gasteiger partial charge in [0, 0.05) is 19.3 Å². The minimum Gasteiger partial charge on any atom is -0.388 e. The molecule has 0 aromatic heterocycles. The molecule has 3 rings (SSSR count). The van der Waals surface area contributed by atoms with Crippen LogP contribution in [0.4, 0.5) is 10.5 Å². The quantitative estimate of drug-likeness (QED) is 0.870. The molecule has 4 heteroatoms. The maximum atomic E-state index is 11.6. The highest BCUT2D eigenvalue weighted by molar-refractivity contribution is 5.92. The van der Waals surface area contributed by atoms with Crippen LogP contribution in [-0.2, 0) is 6.54 Å². The summed E-state index contributed by atoms with van der Waals surface area (Å²) in [4.78, 5) is 13.2. The van der Waals surface area contributed by atoms with Crippen molar-refractivity contribution >= 4 is 11.7 Å². The molecule has 1 aromatic carbocycles. The van der Waals surface area contributed by atoms with Crippen LogP contribution in [0.15, 0.2) is 18.2 Å². The Bertz CT molecular complexity index is 529. The maximum absolute atomic E-state index is 11.6. The van der Waals surface area contributed by atoms with E-state index in [1.54, 1.807) is 11.9 Å². The Morgan fingerprint density at radius 2 is 2.20 bits per heavy atom. The van der Waals surface area contributed by atoms with E-state index in [2.05, 4.69) is 12.2 Å². The first kappa shape index (κ1) is 13.4. The maximum Gasteiger partial charge on any atom is 0.321 e. The minimum absolute atomic E-state index is 0.0739. The average molecular weight is 274 g/mol. The monoisotopic (exact) mass is 274 g/mol. The van der Waals surface area contributed by atoms with Crippen LogP contribution >= 0.6 is 0 Å². The Kier molecular flexibility index (Phi) is 3.42. The van der Waals surface area contributed by atoms with Gasteiger partial charge in [-0.3, -0.25) is 0 Å². The molecule has 1 aliphatic carbocycles. The van der Waals surface area contributed by atoms with Crippen molar-refractivity contribution in [1.82, 2.24) is 4.90 Å². The third kappa shape index (κ3) is 2.29. The lowest BCUT2D eigenvalue weighted by Gasteiger charge is -2.28. The number of aliphatic hydroxyl groups is 1. The molecule has 108 valence electrons. The highest BCUT2D eigenvalue weighted by atomic mass is 16.3. The van der Waals surface area contributed by atoms with Gasteiger partial charge in [0.05, 0.1) is 6.10 Å². The Hall–Kier alpha value is -1.55. The summed E-state index contributed by atoms with van der Waals surface area (Å²) < 4.78 is 0. The zero-order valence-electron chi connectivity index (χ0n) is 12.1. The number of carbonyl (C=O) groups is 1. The van der Waals surface area contributed by atoms with E-state index < -0.39 is 0 Å². The summed E-state index contributed by atoms with van der Waals surface area (Å²) >= 11 is 0. The summed E-state index contributed by atoms with van der Waals surface area (Å²) in [5.74, 6) is 0.951. The average Bonchev–Trinajstić information content (AvgIpc) is 2.85. The van der Waals surface area contributed by atoms with E-state index in [-0.39, 0.29) is 12.1 Å². The molecule has 1 fully saturated rings. The topological polar surface area (TPSA) is 52.6 Å². The molecule has 1 heterocycles. The predicted octanol–water partition coefficient (Wildman–Crippen LogP) is 3.13. The Labute approximate surface area is 119 Å². The Morgan fingerprint density at radius 1 is 1.40 bits per heavy atom. The van der Waals surface area contributed by atoms with Crippen molar-refractivity contribution in [2.24, 2.45) is 11.8 Å². The van der Waals surface area contributed by atoms with Crippen molar-refractivity contribution in [3.05, 3.63) is 29.3 Å². The number of aliphatic hydroxyl groups excluding tert-OH is 1. The molecule has 1 saturated carbocycles. The first-order valence-electron chi connectivity index (χ1n) is 7.39. The lowest BCUT2D eigenvalue weighted by molar-refractivity contribution is 0.0899. The van der Waals surface area contributed by atoms with Gasteiger partial charge in [-0.05, 0) is 41.5 Å². The number of urea groups is 1. The van der Waals surface area contributed by atoms with Gasteiger partial charge in [-0.1, -0.05) is 25.8 Å². The molecule has 2 amide bonds. The van der Waals surface area contributed by atoms with Gasteiger partial charge in [0.25, 0.3) is 0 Å². The van der Waals surface area contributed by atoms with E-state index in [0.29, 0.717) is 18.4 Å². The number of benzene rings is 1. The van der Waals surface area contributed by atoms with Gasteiger partial charge >= 0.3 is 6.03 Å². The summed E-state index contributed by atoms with van der Waals surface area (Å²) in [5, 5.41) is 13.5. The van der Waals surface area contributed by atoms with Crippen LogP contribution in [0.2, 0.25) is 0 Å². The fourth-order valence-corrected chi connectivity index (χ4v) is 3.48. The second-order valence-corrected chi connectivity index (χ2v) is 6.22. The van der Waals surface area contributed by atoms with Crippen LogP contribution in [0.1, 0.15) is 43.4 Å². The van der Waals surface area contributed by atoms with Crippen molar-refractivity contribution in [3.8, 4) is 0 Å². The van der Waals surface area contributed by atoms with E-state index in [1.165, 1.54) is 12.8 Å². The number of amides is 2. The summed E-state index contributed by atoms with van der Waals surface area (Å²) in [7, 11) is 1.78. The molecule has 0 saturated heterocycles. The lowest BCUT2D eigenvalue weighted by atomic mass is 9.87. The fourth-order valence-electron chi connectivity index (χ4n) is 3.48. The number of hydrogen-bond donors (Lipinski definition) is 2. The van der Waals surface area contributed by atoms with E-state index in [4.69, 9.17) is 0 Å². The van der Waals surface area contributed by atoms with Crippen LogP contribution < -0.4 is 5.32 Å². The number of nitrogens with zero attached hydrogens (tertiary/aromatic N) is 1. The van der Waals surface area contributed by atoms with Crippen molar-refractivity contribution in [1.29, 1.82) is 0 Å². The lowest BCUT2D eigenvalue weighted by Crippen LogP contribution is -2.35. The van der Waals surface area contributed by atoms with Crippen LogP contribution in [0.5, 0.6) is 0 Å². The number of hydrogen-bond acceptors (Lipinski definition) is 2. The molecule has 0 bridgehead atoms. The molecule has 2 aliphatic rings. The molecule has 0 spiro atoms. The molecule has 3 unspecified atom stereocenters. The van der Waals surface area contributed by atoms with Gasteiger partial charge in [0.1, 0.15) is 0 Å². The number of anilines is 1. The van der Waals surface area contributed by atoms with Gasteiger partial charge in [-0.25, -0.2) is 4.79 Å². The molecule has 1 aromatic rings. The number of nitrogens with one attached hydrogen (secondary N) is 1. The van der Waals surface area contributed by atoms with Crippen molar-refractivity contribution < 1.29 is 9.90 Å². The van der Waals surface area contributed by atoms with Crippen LogP contribution in [0, 0.1) is 11.8 Å². The van der Waals surface area contributed by atoms with Crippen LogP contribution in [-0.4, -0.2) is 23.1 Å². The molecule has 20 heavy (non-hydrogen) atoms. The normalized spacial score (nSPS) is 27.1. The summed E-state index contributed by atoms with van der Waals surface area (Å²) in [6.07, 6.45) is 3.15. The Balaban J connectivity index is 1.85. The molecular formula is C16H22N2O2.